The van der Waals surface area contributed by atoms with Gasteiger partial charge < -0.3 is 10.2 Å². The smallest absolute Gasteiger partial charge is 0.261 e. The molecule has 25 heavy (non-hydrogen) atoms. The number of rotatable bonds is 6. The Morgan fingerprint density at radius 3 is 2.84 bits per heavy atom. The quantitative estimate of drug-likeness (QED) is 0.806. The molecule has 0 radical (unpaired) electrons. The van der Waals surface area contributed by atoms with Crippen molar-refractivity contribution in [2.24, 2.45) is 0 Å². The van der Waals surface area contributed by atoms with E-state index in [-0.39, 0.29) is 17.8 Å². The van der Waals surface area contributed by atoms with Gasteiger partial charge in [-0.15, -0.1) is 0 Å². The fraction of sp³-hybridized carbons (Fsp3) is 0.500. The van der Waals surface area contributed by atoms with E-state index in [4.69, 9.17) is 0 Å². The van der Waals surface area contributed by atoms with Gasteiger partial charge in [0, 0.05) is 6.54 Å². The summed E-state index contributed by atoms with van der Waals surface area (Å²) in [5, 5.41) is 3.01. The summed E-state index contributed by atoms with van der Waals surface area (Å²) in [6, 6.07) is 3.86. The van der Waals surface area contributed by atoms with Crippen LogP contribution >= 0.6 is 0 Å². The van der Waals surface area contributed by atoms with Gasteiger partial charge >= 0.3 is 0 Å². The van der Waals surface area contributed by atoms with Crippen LogP contribution < -0.4 is 10.9 Å². The van der Waals surface area contributed by atoms with Crippen molar-refractivity contribution in [2.45, 2.75) is 32.2 Å². The van der Waals surface area contributed by atoms with Crippen LogP contribution in [0.15, 0.2) is 29.3 Å². The van der Waals surface area contributed by atoms with Crippen molar-refractivity contribution in [3.63, 3.8) is 0 Å². The second-order valence-corrected chi connectivity index (χ2v) is 6.44. The van der Waals surface area contributed by atoms with E-state index in [9.17, 15) is 14.0 Å². The van der Waals surface area contributed by atoms with Crippen LogP contribution in [0, 0.1) is 5.82 Å². The molecule has 2 heterocycles. The normalized spacial score (nSPS) is 15.4. The van der Waals surface area contributed by atoms with Gasteiger partial charge in [0.1, 0.15) is 12.4 Å². The number of benzene rings is 1. The molecule has 1 aliphatic rings. The maximum Gasteiger partial charge on any atom is 0.261 e. The summed E-state index contributed by atoms with van der Waals surface area (Å²) in [5.74, 6) is -0.732. The van der Waals surface area contributed by atoms with Crippen molar-refractivity contribution in [1.82, 2.24) is 19.8 Å². The third kappa shape index (κ3) is 4.63. The lowest BCUT2D eigenvalue weighted by molar-refractivity contribution is -0.121. The molecule has 7 heteroatoms. The Morgan fingerprint density at radius 2 is 2.04 bits per heavy atom. The van der Waals surface area contributed by atoms with Gasteiger partial charge in [0.25, 0.3) is 5.56 Å². The molecule has 0 saturated carbocycles. The lowest BCUT2D eigenvalue weighted by Gasteiger charge is -2.26. The average Bonchev–Trinajstić information content (AvgIpc) is 2.62. The first-order chi connectivity index (χ1) is 12.1. The molecule has 3 rings (SSSR count). The summed E-state index contributed by atoms with van der Waals surface area (Å²) in [7, 11) is 0. The zero-order chi connectivity index (χ0) is 17.6. The fourth-order valence-corrected chi connectivity index (χ4v) is 3.17. The largest absolute Gasteiger partial charge is 0.354 e. The summed E-state index contributed by atoms with van der Waals surface area (Å²) in [6.07, 6.45) is 6.04. The van der Waals surface area contributed by atoms with Crippen LogP contribution in [0.4, 0.5) is 4.39 Å². The van der Waals surface area contributed by atoms with Gasteiger partial charge in [-0.05, 0) is 57.1 Å². The van der Waals surface area contributed by atoms with Crippen LogP contribution in [-0.2, 0) is 11.3 Å². The van der Waals surface area contributed by atoms with Gasteiger partial charge in [-0.1, -0.05) is 6.42 Å². The van der Waals surface area contributed by atoms with E-state index >= 15 is 0 Å². The first kappa shape index (κ1) is 17.5. The monoisotopic (exact) mass is 346 g/mol. The first-order valence-electron chi connectivity index (χ1n) is 8.77. The maximum atomic E-state index is 13.3. The summed E-state index contributed by atoms with van der Waals surface area (Å²) < 4.78 is 14.5. The van der Waals surface area contributed by atoms with Crippen molar-refractivity contribution < 1.29 is 9.18 Å². The minimum atomic E-state index is -0.494. The molecule has 1 saturated heterocycles. The van der Waals surface area contributed by atoms with Crippen LogP contribution in [-0.4, -0.2) is 46.5 Å². The molecule has 2 aromatic rings. The highest BCUT2D eigenvalue weighted by atomic mass is 19.1. The number of aromatic nitrogens is 2. The Morgan fingerprint density at radius 1 is 1.24 bits per heavy atom. The van der Waals surface area contributed by atoms with Gasteiger partial charge in [0.05, 0.1) is 17.2 Å². The van der Waals surface area contributed by atoms with Crippen molar-refractivity contribution in [3.05, 3.63) is 40.7 Å². The highest BCUT2D eigenvalue weighted by Crippen LogP contribution is 2.09. The molecule has 0 bridgehead atoms. The Hall–Kier alpha value is -2.28. The van der Waals surface area contributed by atoms with Crippen LogP contribution in [0.5, 0.6) is 0 Å². The molecule has 0 spiro atoms. The van der Waals surface area contributed by atoms with E-state index < -0.39 is 11.4 Å². The summed E-state index contributed by atoms with van der Waals surface area (Å²) in [6.45, 7) is 3.74. The molecule has 1 aromatic carbocycles. The van der Waals surface area contributed by atoms with E-state index in [1.54, 1.807) is 0 Å². The zero-order valence-electron chi connectivity index (χ0n) is 14.2. The second-order valence-electron chi connectivity index (χ2n) is 6.44. The minimum absolute atomic E-state index is 0.109. The van der Waals surface area contributed by atoms with Crippen LogP contribution in [0.1, 0.15) is 25.7 Å². The summed E-state index contributed by atoms with van der Waals surface area (Å²) in [5.41, 5.74) is 0.0116. The maximum absolute atomic E-state index is 13.3. The number of hydrogen-bond donors (Lipinski definition) is 1. The number of likely N-dealkylation sites (tertiary alicyclic amines) is 1. The average molecular weight is 346 g/mol. The first-order valence-corrected chi connectivity index (χ1v) is 8.77. The zero-order valence-corrected chi connectivity index (χ0v) is 14.2. The fourth-order valence-electron chi connectivity index (χ4n) is 3.17. The van der Waals surface area contributed by atoms with E-state index in [2.05, 4.69) is 15.2 Å². The lowest BCUT2D eigenvalue weighted by Crippen LogP contribution is -2.35. The molecule has 0 aliphatic carbocycles. The van der Waals surface area contributed by atoms with Gasteiger partial charge in [-0.2, -0.15) is 0 Å². The lowest BCUT2D eigenvalue weighted by atomic mass is 10.1. The van der Waals surface area contributed by atoms with E-state index in [0.717, 1.165) is 32.1 Å². The Labute approximate surface area is 145 Å². The van der Waals surface area contributed by atoms with Crippen molar-refractivity contribution in [1.29, 1.82) is 0 Å². The molecule has 1 amide bonds. The number of amides is 1. The van der Waals surface area contributed by atoms with Crippen LogP contribution in [0.25, 0.3) is 10.9 Å². The SMILES string of the molecule is O=C(Cn1cnc2ccc(F)cc2c1=O)NCCCN1CCCCC1. The number of carbonyl (C=O) groups excluding carboxylic acids is 1. The number of fused-ring (bicyclic) bond motifs is 1. The van der Waals surface area contributed by atoms with Crippen LogP contribution in [0.3, 0.4) is 0 Å². The molecular formula is C18H23FN4O2. The molecule has 1 N–H and O–H groups in total. The molecule has 134 valence electrons. The Bertz CT molecular complexity index is 799. The molecule has 1 aliphatic heterocycles. The number of piperidine rings is 1. The third-order valence-electron chi connectivity index (χ3n) is 4.52. The minimum Gasteiger partial charge on any atom is -0.354 e. The van der Waals surface area contributed by atoms with Crippen molar-refractivity contribution in [2.75, 3.05) is 26.2 Å². The van der Waals surface area contributed by atoms with Crippen molar-refractivity contribution in [3.8, 4) is 0 Å². The topological polar surface area (TPSA) is 67.2 Å². The number of carbonyl (C=O) groups is 1. The van der Waals surface area contributed by atoms with E-state index in [0.29, 0.717) is 12.1 Å². The molecule has 1 aromatic heterocycles. The molecule has 0 atom stereocenters. The van der Waals surface area contributed by atoms with Gasteiger partial charge in [-0.3, -0.25) is 14.2 Å². The Kier molecular flexibility index (Phi) is 5.75. The number of halogens is 1. The second kappa shape index (κ2) is 8.20. The number of hydrogen-bond acceptors (Lipinski definition) is 4. The molecule has 0 unspecified atom stereocenters. The highest BCUT2D eigenvalue weighted by Gasteiger charge is 2.11. The number of nitrogens with zero attached hydrogens (tertiary/aromatic N) is 3. The third-order valence-corrected chi connectivity index (χ3v) is 4.52. The predicted molar refractivity (Wildman–Crippen MR) is 93.9 cm³/mol. The predicted octanol–water partition coefficient (Wildman–Crippen LogP) is 1.53. The molecule has 1 fully saturated rings. The van der Waals surface area contributed by atoms with Crippen LogP contribution in [0.2, 0.25) is 0 Å². The van der Waals surface area contributed by atoms with Gasteiger partial charge in [0.15, 0.2) is 0 Å². The van der Waals surface area contributed by atoms with E-state index in [1.165, 1.54) is 42.3 Å². The molecule has 6 nitrogen and oxygen atoms in total. The van der Waals surface area contributed by atoms with E-state index in [1.807, 2.05) is 0 Å². The Balaban J connectivity index is 1.51. The standard InChI is InChI=1S/C18H23FN4O2/c19-14-5-6-16-15(11-14)18(25)23(13-21-16)12-17(24)20-7-4-10-22-8-2-1-3-9-22/h5-6,11,13H,1-4,7-10,12H2,(H,20,24). The highest BCUT2D eigenvalue weighted by molar-refractivity contribution is 5.78. The summed E-state index contributed by atoms with van der Waals surface area (Å²) in [4.78, 5) is 30.9. The van der Waals surface area contributed by atoms with Gasteiger partial charge in [0.2, 0.25) is 5.91 Å². The summed E-state index contributed by atoms with van der Waals surface area (Å²) >= 11 is 0. The number of nitrogens with one attached hydrogen (secondary N) is 1. The van der Waals surface area contributed by atoms with Gasteiger partial charge in [-0.25, -0.2) is 9.37 Å². The van der Waals surface area contributed by atoms with Crippen molar-refractivity contribution >= 4 is 16.8 Å². The molecular weight excluding hydrogens is 323 g/mol.